The van der Waals surface area contributed by atoms with Gasteiger partial charge in [-0.2, -0.15) is 0 Å². The van der Waals surface area contributed by atoms with Crippen molar-refractivity contribution < 1.29 is 13.9 Å². The number of carbonyl (C=O) groups is 1. The van der Waals surface area contributed by atoms with Crippen LogP contribution in [0.25, 0.3) is 15.7 Å². The van der Waals surface area contributed by atoms with Crippen molar-refractivity contribution in [1.29, 1.82) is 0 Å². The van der Waals surface area contributed by atoms with Gasteiger partial charge in [-0.1, -0.05) is 6.07 Å². The summed E-state index contributed by atoms with van der Waals surface area (Å²) in [6, 6.07) is 10.9. The van der Waals surface area contributed by atoms with E-state index in [2.05, 4.69) is 4.98 Å². The molecule has 1 aromatic carbocycles. The monoisotopic (exact) mass is 368 g/mol. The molecule has 5 nitrogen and oxygen atoms in total. The Morgan fingerprint density at radius 3 is 2.92 bits per heavy atom. The zero-order valence-corrected chi connectivity index (χ0v) is 14.5. The van der Waals surface area contributed by atoms with Gasteiger partial charge in [0.2, 0.25) is 0 Å². The summed E-state index contributed by atoms with van der Waals surface area (Å²) in [6.07, 6.45) is 1.71. The minimum atomic E-state index is -0.530. The quantitative estimate of drug-likeness (QED) is 0.517. The summed E-state index contributed by atoms with van der Waals surface area (Å²) in [5.74, 6) is -0.885. The summed E-state index contributed by atoms with van der Waals surface area (Å²) in [5, 5.41) is 0.652. The number of ether oxygens (including phenoxy) is 1. The molecule has 130 valence electrons. The molecule has 0 fully saturated rings. The summed E-state index contributed by atoms with van der Waals surface area (Å²) < 4.78 is 20.8. The number of benzene rings is 1. The molecule has 0 atom stereocenters. The van der Waals surface area contributed by atoms with Gasteiger partial charge in [-0.15, -0.1) is 11.3 Å². The number of thiophene rings is 1. The van der Waals surface area contributed by atoms with Gasteiger partial charge < -0.3 is 4.74 Å². The van der Waals surface area contributed by atoms with Crippen LogP contribution in [0.5, 0.6) is 0 Å². The lowest BCUT2D eigenvalue weighted by molar-refractivity contribution is 0.0473. The second kappa shape index (κ2) is 6.34. The predicted octanol–water partition coefficient (Wildman–Crippen LogP) is 3.71. The van der Waals surface area contributed by atoms with Gasteiger partial charge in [-0.25, -0.2) is 14.2 Å². The van der Waals surface area contributed by atoms with Crippen LogP contribution in [0.1, 0.15) is 20.9 Å². The van der Waals surface area contributed by atoms with Gasteiger partial charge in [0.05, 0.1) is 5.69 Å². The fraction of sp³-hybridized carbons (Fsp3) is 0.105. The van der Waals surface area contributed by atoms with Crippen LogP contribution < -0.4 is 5.56 Å². The molecule has 0 bridgehead atoms. The second-order valence-electron chi connectivity index (χ2n) is 5.89. The number of halogens is 1. The Labute approximate surface area is 151 Å². The number of nitrogens with zero attached hydrogens (tertiary/aromatic N) is 2. The Balaban J connectivity index is 1.56. The molecule has 0 N–H and O–H groups in total. The Morgan fingerprint density at radius 1 is 1.23 bits per heavy atom. The topological polar surface area (TPSA) is 60.7 Å². The highest BCUT2D eigenvalue weighted by Gasteiger charge is 2.13. The molecule has 0 aliphatic rings. The van der Waals surface area contributed by atoms with Crippen LogP contribution in [-0.2, 0) is 11.3 Å². The molecule has 0 saturated carbocycles. The first-order valence-electron chi connectivity index (χ1n) is 7.85. The summed E-state index contributed by atoms with van der Waals surface area (Å²) in [5.41, 5.74) is 1.58. The summed E-state index contributed by atoms with van der Waals surface area (Å²) in [7, 11) is 0. The molecule has 7 heteroatoms. The van der Waals surface area contributed by atoms with E-state index in [0.29, 0.717) is 21.6 Å². The van der Waals surface area contributed by atoms with Crippen molar-refractivity contribution in [3.63, 3.8) is 0 Å². The maximum atomic E-state index is 13.3. The Morgan fingerprint density at radius 2 is 2.08 bits per heavy atom. The van der Waals surface area contributed by atoms with E-state index >= 15 is 0 Å². The van der Waals surface area contributed by atoms with Crippen LogP contribution in [0.2, 0.25) is 0 Å². The van der Waals surface area contributed by atoms with Gasteiger partial charge >= 0.3 is 5.97 Å². The number of aryl methyl sites for hydroxylation is 1. The molecular weight excluding hydrogens is 355 g/mol. The summed E-state index contributed by atoms with van der Waals surface area (Å²) in [6.45, 7) is 1.78. The van der Waals surface area contributed by atoms with Crippen LogP contribution in [0.15, 0.2) is 53.5 Å². The van der Waals surface area contributed by atoms with Crippen LogP contribution in [-0.4, -0.2) is 15.4 Å². The van der Waals surface area contributed by atoms with E-state index in [-0.39, 0.29) is 18.0 Å². The minimum absolute atomic E-state index is 0.110. The molecule has 0 saturated heterocycles. The average Bonchev–Trinajstić information content (AvgIpc) is 3.03. The molecule has 3 heterocycles. The van der Waals surface area contributed by atoms with Gasteiger partial charge in [-0.05, 0) is 48.2 Å². The van der Waals surface area contributed by atoms with Gasteiger partial charge in [0, 0.05) is 17.0 Å². The van der Waals surface area contributed by atoms with Crippen molar-refractivity contribution in [1.82, 2.24) is 9.38 Å². The summed E-state index contributed by atoms with van der Waals surface area (Å²) >= 11 is 1.23. The Bertz CT molecular complexity index is 1210. The highest BCUT2D eigenvalue weighted by atomic mass is 32.1. The Hall–Kier alpha value is -3.06. The molecule has 0 aliphatic heterocycles. The third-order valence-electron chi connectivity index (χ3n) is 3.89. The number of hydrogen-bond acceptors (Lipinski definition) is 5. The zero-order chi connectivity index (χ0) is 18.3. The third-order valence-corrected chi connectivity index (χ3v) is 4.99. The average molecular weight is 368 g/mol. The van der Waals surface area contributed by atoms with E-state index in [1.165, 1.54) is 33.9 Å². The third kappa shape index (κ3) is 3.09. The van der Waals surface area contributed by atoms with Crippen molar-refractivity contribution in [3.8, 4) is 0 Å². The molecule has 0 spiro atoms. The zero-order valence-electron chi connectivity index (χ0n) is 13.7. The lowest BCUT2D eigenvalue weighted by Crippen LogP contribution is -2.16. The van der Waals surface area contributed by atoms with Crippen molar-refractivity contribution in [2.24, 2.45) is 0 Å². The first kappa shape index (κ1) is 16.4. The molecule has 26 heavy (non-hydrogen) atoms. The molecule has 3 aromatic heterocycles. The first-order chi connectivity index (χ1) is 12.5. The normalized spacial score (nSPS) is 11.2. The van der Waals surface area contributed by atoms with Crippen molar-refractivity contribution in [3.05, 3.63) is 81.0 Å². The fourth-order valence-electron chi connectivity index (χ4n) is 2.66. The predicted molar refractivity (Wildman–Crippen MR) is 97.1 cm³/mol. The number of hydrogen-bond donors (Lipinski definition) is 0. The number of rotatable bonds is 3. The summed E-state index contributed by atoms with van der Waals surface area (Å²) in [4.78, 5) is 29.1. The van der Waals surface area contributed by atoms with E-state index in [1.807, 2.05) is 13.0 Å². The van der Waals surface area contributed by atoms with Crippen molar-refractivity contribution in [2.75, 3.05) is 0 Å². The highest BCUT2D eigenvalue weighted by molar-refractivity contribution is 7.20. The van der Waals surface area contributed by atoms with Crippen molar-refractivity contribution >= 4 is 33.0 Å². The number of pyridine rings is 1. The molecule has 4 aromatic rings. The molecule has 4 rings (SSSR count). The lowest BCUT2D eigenvalue weighted by atomic mass is 10.2. The SMILES string of the molecule is Cc1ccc2nc(COC(=O)c3cc4cc(F)ccc4s3)cc(=O)n2c1. The highest BCUT2D eigenvalue weighted by Crippen LogP contribution is 2.27. The molecular formula is C19H13FN2O3S. The standard InChI is InChI=1S/C19H13FN2O3S/c1-11-2-5-17-21-14(8-18(23)22(17)9-11)10-25-19(24)16-7-12-6-13(20)3-4-15(12)26-16/h2-9H,10H2,1H3. The maximum absolute atomic E-state index is 13.3. The van der Waals surface area contributed by atoms with Crippen LogP contribution in [0, 0.1) is 12.7 Å². The lowest BCUT2D eigenvalue weighted by Gasteiger charge is -2.05. The van der Waals surface area contributed by atoms with Gasteiger partial charge in [0.1, 0.15) is 22.9 Å². The van der Waals surface area contributed by atoms with E-state index in [9.17, 15) is 14.0 Å². The van der Waals surface area contributed by atoms with Gasteiger partial charge in [-0.3, -0.25) is 9.20 Å². The first-order valence-corrected chi connectivity index (χ1v) is 8.66. The Kier molecular flexibility index (Phi) is 4.00. The van der Waals surface area contributed by atoms with Crippen molar-refractivity contribution in [2.45, 2.75) is 13.5 Å². The number of carbonyl (C=O) groups excluding carboxylic acids is 1. The van der Waals surface area contributed by atoms with Gasteiger partial charge in [0.25, 0.3) is 5.56 Å². The van der Waals surface area contributed by atoms with Crippen LogP contribution in [0.3, 0.4) is 0 Å². The largest absolute Gasteiger partial charge is 0.455 e. The van der Waals surface area contributed by atoms with E-state index < -0.39 is 5.97 Å². The van der Waals surface area contributed by atoms with Crippen LogP contribution in [0.4, 0.5) is 4.39 Å². The number of fused-ring (bicyclic) bond motifs is 2. The minimum Gasteiger partial charge on any atom is -0.455 e. The van der Waals surface area contributed by atoms with Gasteiger partial charge in [0.15, 0.2) is 0 Å². The smallest absolute Gasteiger partial charge is 0.348 e. The number of aromatic nitrogens is 2. The fourth-order valence-corrected chi connectivity index (χ4v) is 3.59. The van der Waals surface area contributed by atoms with Crippen LogP contribution >= 0.6 is 11.3 Å². The van der Waals surface area contributed by atoms with E-state index in [1.54, 1.807) is 24.4 Å². The van der Waals surface area contributed by atoms with E-state index in [0.717, 1.165) is 10.3 Å². The molecule has 0 unspecified atom stereocenters. The molecule has 0 amide bonds. The second-order valence-corrected chi connectivity index (χ2v) is 6.97. The molecule has 0 aliphatic carbocycles. The maximum Gasteiger partial charge on any atom is 0.348 e. The molecule has 0 radical (unpaired) electrons. The number of esters is 1. The van der Waals surface area contributed by atoms with E-state index in [4.69, 9.17) is 4.74 Å².